The van der Waals surface area contributed by atoms with E-state index in [2.05, 4.69) is 57.9 Å². The van der Waals surface area contributed by atoms with Crippen molar-refractivity contribution in [3.63, 3.8) is 0 Å². The highest BCUT2D eigenvalue weighted by molar-refractivity contribution is 14.1. The van der Waals surface area contributed by atoms with Crippen LogP contribution in [0.15, 0.2) is 48.7 Å². The van der Waals surface area contributed by atoms with Crippen molar-refractivity contribution in [3.05, 3.63) is 63.5 Å². The van der Waals surface area contributed by atoms with Crippen LogP contribution in [0.4, 0.5) is 0 Å². The van der Waals surface area contributed by atoms with Crippen LogP contribution in [0.2, 0.25) is 0 Å². The normalized spacial score (nSPS) is 10.1. The van der Waals surface area contributed by atoms with Crippen molar-refractivity contribution in [1.82, 2.24) is 4.98 Å². The van der Waals surface area contributed by atoms with E-state index in [0.29, 0.717) is 0 Å². The summed E-state index contributed by atoms with van der Waals surface area (Å²) in [6, 6.07) is 14.5. The van der Waals surface area contributed by atoms with Gasteiger partial charge in [-0.25, -0.2) is 0 Å². The fourth-order valence-corrected chi connectivity index (χ4v) is 1.88. The Kier molecular flexibility index (Phi) is 3.14. The molecule has 0 aliphatic heterocycles. The van der Waals surface area contributed by atoms with Crippen LogP contribution >= 0.6 is 22.6 Å². The van der Waals surface area contributed by atoms with Crippen molar-refractivity contribution in [2.75, 3.05) is 0 Å². The molecule has 2 aromatic rings. The molecule has 0 N–H and O–H groups in total. The SMILES string of the molecule is Ic1cccnc1Cc1ccccc1. The average molecular weight is 295 g/mol. The molecule has 1 aromatic heterocycles. The maximum Gasteiger partial charge on any atom is 0.0580 e. The van der Waals surface area contributed by atoms with Gasteiger partial charge in [0.25, 0.3) is 0 Å². The highest BCUT2D eigenvalue weighted by Crippen LogP contribution is 2.13. The molecule has 2 rings (SSSR count). The van der Waals surface area contributed by atoms with E-state index in [-0.39, 0.29) is 0 Å². The molecule has 1 nitrogen and oxygen atoms in total. The Hall–Kier alpha value is -0.900. The summed E-state index contributed by atoms with van der Waals surface area (Å²) < 4.78 is 1.23. The second-order valence-corrected chi connectivity index (χ2v) is 4.26. The van der Waals surface area contributed by atoms with E-state index in [4.69, 9.17) is 0 Å². The molecule has 0 unspecified atom stereocenters. The Morgan fingerprint density at radius 3 is 2.50 bits per heavy atom. The molecule has 0 saturated heterocycles. The minimum absolute atomic E-state index is 0.917. The highest BCUT2D eigenvalue weighted by Gasteiger charge is 2.00. The maximum atomic E-state index is 4.37. The van der Waals surface area contributed by atoms with Crippen LogP contribution in [0.3, 0.4) is 0 Å². The van der Waals surface area contributed by atoms with Gasteiger partial charge in [-0.15, -0.1) is 0 Å². The summed E-state index contributed by atoms with van der Waals surface area (Å²) >= 11 is 2.32. The predicted molar refractivity (Wildman–Crippen MR) is 66.2 cm³/mol. The van der Waals surface area contributed by atoms with E-state index >= 15 is 0 Å². The molecule has 0 saturated carbocycles. The monoisotopic (exact) mass is 295 g/mol. The summed E-state index contributed by atoms with van der Waals surface area (Å²) in [4.78, 5) is 4.37. The lowest BCUT2D eigenvalue weighted by molar-refractivity contribution is 1.06. The predicted octanol–water partition coefficient (Wildman–Crippen LogP) is 3.28. The third-order valence-electron chi connectivity index (χ3n) is 2.05. The Bertz CT molecular complexity index is 412. The van der Waals surface area contributed by atoms with E-state index in [1.165, 1.54) is 9.13 Å². The molecule has 0 aliphatic rings. The Morgan fingerprint density at radius 2 is 1.79 bits per heavy atom. The number of benzene rings is 1. The van der Waals surface area contributed by atoms with Gasteiger partial charge in [-0.1, -0.05) is 30.3 Å². The van der Waals surface area contributed by atoms with Gasteiger partial charge in [0.2, 0.25) is 0 Å². The van der Waals surface area contributed by atoms with Crippen molar-refractivity contribution in [2.24, 2.45) is 0 Å². The molecule has 0 fully saturated rings. The van der Waals surface area contributed by atoms with E-state index in [1.807, 2.05) is 18.3 Å². The lowest BCUT2D eigenvalue weighted by atomic mass is 10.1. The van der Waals surface area contributed by atoms with Crippen molar-refractivity contribution in [1.29, 1.82) is 0 Å². The van der Waals surface area contributed by atoms with E-state index in [1.54, 1.807) is 0 Å². The molecule has 0 atom stereocenters. The molecule has 1 aromatic carbocycles. The van der Waals surface area contributed by atoms with E-state index < -0.39 is 0 Å². The Morgan fingerprint density at radius 1 is 1.00 bits per heavy atom. The highest BCUT2D eigenvalue weighted by atomic mass is 127. The number of halogens is 1. The van der Waals surface area contributed by atoms with Gasteiger partial charge >= 0.3 is 0 Å². The van der Waals surface area contributed by atoms with Gasteiger partial charge in [-0.2, -0.15) is 0 Å². The smallest absolute Gasteiger partial charge is 0.0580 e. The molecule has 0 amide bonds. The number of rotatable bonds is 2. The van der Waals surface area contributed by atoms with E-state index in [9.17, 15) is 0 Å². The third-order valence-corrected chi connectivity index (χ3v) is 3.03. The van der Waals surface area contributed by atoms with E-state index in [0.717, 1.165) is 12.1 Å². The second-order valence-electron chi connectivity index (χ2n) is 3.09. The van der Waals surface area contributed by atoms with Crippen LogP contribution in [-0.2, 0) is 6.42 Å². The molecule has 1 heterocycles. The first-order valence-corrected chi connectivity index (χ1v) is 5.57. The first kappa shape index (κ1) is 9.65. The Labute approximate surface area is 97.3 Å². The number of aromatic nitrogens is 1. The lowest BCUT2D eigenvalue weighted by Gasteiger charge is -2.02. The summed E-state index contributed by atoms with van der Waals surface area (Å²) in [7, 11) is 0. The van der Waals surface area contributed by atoms with Gasteiger partial charge in [-0.05, 0) is 40.3 Å². The van der Waals surface area contributed by atoms with Crippen LogP contribution < -0.4 is 0 Å². The van der Waals surface area contributed by atoms with Crippen LogP contribution in [0.1, 0.15) is 11.3 Å². The van der Waals surface area contributed by atoms with Gasteiger partial charge < -0.3 is 0 Å². The summed E-state index contributed by atoms with van der Waals surface area (Å²) in [5.74, 6) is 0. The van der Waals surface area contributed by atoms with Crippen LogP contribution in [0.25, 0.3) is 0 Å². The van der Waals surface area contributed by atoms with Gasteiger partial charge in [0, 0.05) is 16.2 Å². The summed E-state index contributed by atoms with van der Waals surface area (Å²) in [6.45, 7) is 0. The quantitative estimate of drug-likeness (QED) is 0.775. The van der Waals surface area contributed by atoms with Gasteiger partial charge in [0.05, 0.1) is 5.69 Å². The number of pyridine rings is 1. The first-order chi connectivity index (χ1) is 6.86. The fraction of sp³-hybridized carbons (Fsp3) is 0.0833. The lowest BCUT2D eigenvalue weighted by Crippen LogP contribution is -1.94. The van der Waals surface area contributed by atoms with Crippen LogP contribution in [-0.4, -0.2) is 4.98 Å². The minimum atomic E-state index is 0.917. The summed E-state index contributed by atoms with van der Waals surface area (Å²) in [5, 5.41) is 0. The van der Waals surface area contributed by atoms with Crippen molar-refractivity contribution < 1.29 is 0 Å². The number of nitrogens with zero attached hydrogens (tertiary/aromatic N) is 1. The molecule has 0 aliphatic carbocycles. The van der Waals surface area contributed by atoms with Crippen molar-refractivity contribution in [2.45, 2.75) is 6.42 Å². The Balaban J connectivity index is 2.24. The summed E-state index contributed by atoms with van der Waals surface area (Å²) in [5.41, 5.74) is 2.46. The zero-order valence-corrected chi connectivity index (χ0v) is 9.81. The molecular weight excluding hydrogens is 285 g/mol. The standard InChI is InChI=1S/C12H10IN/c13-11-7-4-8-14-12(11)9-10-5-2-1-3-6-10/h1-8H,9H2. The third kappa shape index (κ3) is 2.32. The van der Waals surface area contributed by atoms with Gasteiger partial charge in [0.15, 0.2) is 0 Å². The maximum absolute atomic E-state index is 4.37. The van der Waals surface area contributed by atoms with Crippen molar-refractivity contribution in [3.8, 4) is 0 Å². The van der Waals surface area contributed by atoms with Crippen LogP contribution in [0.5, 0.6) is 0 Å². The molecule has 0 bridgehead atoms. The molecule has 0 radical (unpaired) electrons. The van der Waals surface area contributed by atoms with Crippen molar-refractivity contribution >= 4 is 22.6 Å². The zero-order valence-electron chi connectivity index (χ0n) is 7.65. The molecule has 14 heavy (non-hydrogen) atoms. The molecular formula is C12H10IN. The molecule has 2 heteroatoms. The fourth-order valence-electron chi connectivity index (χ4n) is 1.34. The summed E-state index contributed by atoms with van der Waals surface area (Å²) in [6.07, 6.45) is 2.76. The topological polar surface area (TPSA) is 12.9 Å². The second kappa shape index (κ2) is 4.55. The largest absolute Gasteiger partial charge is 0.260 e. The molecule has 70 valence electrons. The zero-order chi connectivity index (χ0) is 9.80. The minimum Gasteiger partial charge on any atom is -0.260 e. The average Bonchev–Trinajstić information content (AvgIpc) is 2.23. The number of hydrogen-bond acceptors (Lipinski definition) is 1. The van der Waals surface area contributed by atoms with Crippen LogP contribution in [0, 0.1) is 3.57 Å². The van der Waals surface area contributed by atoms with Gasteiger partial charge in [-0.3, -0.25) is 4.98 Å². The molecule has 0 spiro atoms. The first-order valence-electron chi connectivity index (χ1n) is 4.49. The number of hydrogen-bond donors (Lipinski definition) is 0. The van der Waals surface area contributed by atoms with Gasteiger partial charge in [0.1, 0.15) is 0 Å².